The standard InChI is InChI=1S/C13H18ClN/c1-10-5-4-6-11(14)12(10)13(9-15)7-2-3-8-13/h4-6H,2-3,7-9,15H2,1H3. The maximum atomic E-state index is 6.32. The zero-order valence-electron chi connectivity index (χ0n) is 9.22. The summed E-state index contributed by atoms with van der Waals surface area (Å²) in [7, 11) is 0. The number of halogens is 1. The molecule has 0 bridgehead atoms. The monoisotopic (exact) mass is 223 g/mol. The van der Waals surface area contributed by atoms with Crippen LogP contribution in [0.15, 0.2) is 18.2 Å². The van der Waals surface area contributed by atoms with Crippen LogP contribution in [0.4, 0.5) is 0 Å². The SMILES string of the molecule is Cc1cccc(Cl)c1C1(CN)CCCC1. The minimum Gasteiger partial charge on any atom is -0.330 e. The van der Waals surface area contributed by atoms with Gasteiger partial charge in [0.25, 0.3) is 0 Å². The smallest absolute Gasteiger partial charge is 0.0446 e. The van der Waals surface area contributed by atoms with E-state index in [0.717, 1.165) is 11.6 Å². The van der Waals surface area contributed by atoms with Gasteiger partial charge in [0.05, 0.1) is 0 Å². The van der Waals surface area contributed by atoms with Crippen molar-refractivity contribution in [1.29, 1.82) is 0 Å². The number of hydrogen-bond acceptors (Lipinski definition) is 1. The Hall–Kier alpha value is -0.530. The number of hydrogen-bond donors (Lipinski definition) is 1. The Kier molecular flexibility index (Phi) is 3.03. The third kappa shape index (κ3) is 1.79. The van der Waals surface area contributed by atoms with E-state index < -0.39 is 0 Å². The molecule has 2 rings (SSSR count). The zero-order valence-corrected chi connectivity index (χ0v) is 9.98. The molecule has 15 heavy (non-hydrogen) atoms. The van der Waals surface area contributed by atoms with Crippen LogP contribution in [0.25, 0.3) is 0 Å². The Morgan fingerprint density at radius 2 is 2.00 bits per heavy atom. The molecular formula is C13H18ClN. The summed E-state index contributed by atoms with van der Waals surface area (Å²) in [6, 6.07) is 6.14. The Balaban J connectivity index is 2.51. The highest BCUT2D eigenvalue weighted by Crippen LogP contribution is 2.44. The molecule has 0 unspecified atom stereocenters. The van der Waals surface area contributed by atoms with E-state index in [9.17, 15) is 0 Å². The van der Waals surface area contributed by atoms with Crippen LogP contribution in [0.2, 0.25) is 5.02 Å². The van der Waals surface area contributed by atoms with Crippen LogP contribution in [-0.2, 0) is 5.41 Å². The van der Waals surface area contributed by atoms with Crippen LogP contribution in [0, 0.1) is 6.92 Å². The zero-order chi connectivity index (χ0) is 10.9. The summed E-state index contributed by atoms with van der Waals surface area (Å²) in [5.74, 6) is 0. The van der Waals surface area contributed by atoms with Gasteiger partial charge in [-0.2, -0.15) is 0 Å². The third-order valence-corrected chi connectivity index (χ3v) is 4.02. The Morgan fingerprint density at radius 3 is 2.53 bits per heavy atom. The van der Waals surface area contributed by atoms with E-state index in [-0.39, 0.29) is 5.41 Å². The number of benzene rings is 1. The van der Waals surface area contributed by atoms with E-state index in [1.807, 2.05) is 12.1 Å². The second kappa shape index (κ2) is 4.15. The van der Waals surface area contributed by atoms with Crippen molar-refractivity contribution in [3.63, 3.8) is 0 Å². The van der Waals surface area contributed by atoms with E-state index >= 15 is 0 Å². The van der Waals surface area contributed by atoms with E-state index in [0.29, 0.717) is 0 Å². The fourth-order valence-electron chi connectivity index (χ4n) is 2.91. The topological polar surface area (TPSA) is 26.0 Å². The lowest BCUT2D eigenvalue weighted by atomic mass is 9.77. The molecule has 2 heteroatoms. The minimum absolute atomic E-state index is 0.155. The van der Waals surface area contributed by atoms with Gasteiger partial charge in [-0.05, 0) is 37.0 Å². The van der Waals surface area contributed by atoms with Crippen molar-refractivity contribution >= 4 is 11.6 Å². The number of rotatable bonds is 2. The van der Waals surface area contributed by atoms with Gasteiger partial charge in [-0.1, -0.05) is 36.6 Å². The van der Waals surface area contributed by atoms with Crippen LogP contribution < -0.4 is 5.73 Å². The second-order valence-corrected chi connectivity index (χ2v) is 5.03. The van der Waals surface area contributed by atoms with Gasteiger partial charge in [-0.25, -0.2) is 0 Å². The molecule has 1 aliphatic carbocycles. The fraction of sp³-hybridized carbons (Fsp3) is 0.538. The first-order valence-corrected chi connectivity index (χ1v) is 6.03. The summed E-state index contributed by atoms with van der Waals surface area (Å²) in [6.45, 7) is 2.86. The van der Waals surface area contributed by atoms with Crippen LogP contribution in [0.1, 0.15) is 36.8 Å². The van der Waals surface area contributed by atoms with Crippen LogP contribution in [0.3, 0.4) is 0 Å². The molecule has 1 saturated carbocycles. The van der Waals surface area contributed by atoms with E-state index in [1.165, 1.54) is 36.8 Å². The summed E-state index contributed by atoms with van der Waals surface area (Å²) in [5, 5.41) is 0.891. The molecule has 0 aromatic heterocycles. The number of aryl methyl sites for hydroxylation is 1. The van der Waals surface area contributed by atoms with E-state index in [2.05, 4.69) is 13.0 Å². The van der Waals surface area contributed by atoms with Gasteiger partial charge in [-0.15, -0.1) is 0 Å². The minimum atomic E-state index is 0.155. The summed E-state index contributed by atoms with van der Waals surface area (Å²) in [5.41, 5.74) is 8.72. The quantitative estimate of drug-likeness (QED) is 0.817. The van der Waals surface area contributed by atoms with Crippen molar-refractivity contribution in [2.45, 2.75) is 38.0 Å². The molecule has 1 aromatic carbocycles. The summed E-state index contributed by atoms with van der Waals surface area (Å²) >= 11 is 6.32. The van der Waals surface area contributed by atoms with Crippen LogP contribution in [0.5, 0.6) is 0 Å². The maximum Gasteiger partial charge on any atom is 0.0446 e. The molecule has 0 spiro atoms. The molecule has 82 valence electrons. The summed E-state index contributed by atoms with van der Waals surface area (Å²) in [6.07, 6.45) is 4.94. The first-order chi connectivity index (χ1) is 7.19. The Labute approximate surface area is 96.6 Å². The highest BCUT2D eigenvalue weighted by Gasteiger charge is 2.36. The lowest BCUT2D eigenvalue weighted by Gasteiger charge is -2.30. The van der Waals surface area contributed by atoms with Gasteiger partial charge in [0.15, 0.2) is 0 Å². The van der Waals surface area contributed by atoms with Crippen molar-refractivity contribution < 1.29 is 0 Å². The fourth-order valence-corrected chi connectivity index (χ4v) is 3.33. The Bertz CT molecular complexity index is 333. The molecule has 0 aliphatic heterocycles. The maximum absolute atomic E-state index is 6.32. The lowest BCUT2D eigenvalue weighted by Crippen LogP contribution is -2.33. The second-order valence-electron chi connectivity index (χ2n) is 4.62. The average Bonchev–Trinajstić information content (AvgIpc) is 2.67. The largest absolute Gasteiger partial charge is 0.330 e. The first-order valence-electron chi connectivity index (χ1n) is 5.65. The molecule has 0 saturated heterocycles. The number of nitrogens with two attached hydrogens (primary N) is 1. The van der Waals surface area contributed by atoms with Crippen LogP contribution in [-0.4, -0.2) is 6.54 Å². The van der Waals surface area contributed by atoms with Gasteiger partial charge in [0, 0.05) is 17.0 Å². The molecule has 0 heterocycles. The van der Waals surface area contributed by atoms with Gasteiger partial charge in [0.2, 0.25) is 0 Å². The first kappa shape index (κ1) is 11.0. The average molecular weight is 224 g/mol. The van der Waals surface area contributed by atoms with Crippen molar-refractivity contribution in [2.24, 2.45) is 5.73 Å². The highest BCUT2D eigenvalue weighted by atomic mass is 35.5. The van der Waals surface area contributed by atoms with Crippen molar-refractivity contribution in [3.8, 4) is 0 Å². The third-order valence-electron chi connectivity index (χ3n) is 3.70. The van der Waals surface area contributed by atoms with Crippen LogP contribution >= 0.6 is 11.6 Å². The summed E-state index contributed by atoms with van der Waals surface area (Å²) < 4.78 is 0. The van der Waals surface area contributed by atoms with Crippen molar-refractivity contribution in [1.82, 2.24) is 0 Å². The molecule has 0 radical (unpaired) electrons. The molecule has 1 fully saturated rings. The van der Waals surface area contributed by atoms with Gasteiger partial charge in [0.1, 0.15) is 0 Å². The lowest BCUT2D eigenvalue weighted by molar-refractivity contribution is 0.451. The predicted octanol–water partition coefficient (Wildman–Crippen LogP) is 3.42. The molecule has 1 aromatic rings. The normalized spacial score (nSPS) is 19.4. The molecule has 1 aliphatic rings. The van der Waals surface area contributed by atoms with Gasteiger partial charge >= 0.3 is 0 Å². The summed E-state index contributed by atoms with van der Waals surface area (Å²) in [4.78, 5) is 0. The highest BCUT2D eigenvalue weighted by molar-refractivity contribution is 6.31. The predicted molar refractivity (Wildman–Crippen MR) is 65.4 cm³/mol. The molecular weight excluding hydrogens is 206 g/mol. The molecule has 0 amide bonds. The molecule has 2 N–H and O–H groups in total. The molecule has 1 nitrogen and oxygen atoms in total. The van der Waals surface area contributed by atoms with E-state index in [4.69, 9.17) is 17.3 Å². The van der Waals surface area contributed by atoms with Crippen molar-refractivity contribution in [3.05, 3.63) is 34.3 Å². The Morgan fingerprint density at radius 1 is 1.33 bits per heavy atom. The molecule has 0 atom stereocenters. The van der Waals surface area contributed by atoms with E-state index in [1.54, 1.807) is 0 Å². The van der Waals surface area contributed by atoms with Gasteiger partial charge in [-0.3, -0.25) is 0 Å². The van der Waals surface area contributed by atoms with Crippen molar-refractivity contribution in [2.75, 3.05) is 6.54 Å². The van der Waals surface area contributed by atoms with Gasteiger partial charge < -0.3 is 5.73 Å².